The number of nitrogens with two attached hydrogens (primary N) is 1. The summed E-state index contributed by atoms with van der Waals surface area (Å²) in [5.41, 5.74) is 6.48. The molecule has 0 bridgehead atoms. The summed E-state index contributed by atoms with van der Waals surface area (Å²) in [6.45, 7) is 2.54. The lowest BCUT2D eigenvalue weighted by Crippen LogP contribution is -2.50. The molecule has 1 heterocycles. The largest absolute Gasteiger partial charge is 0.367 e. The van der Waals surface area contributed by atoms with Crippen LogP contribution in [0.3, 0.4) is 0 Å². The van der Waals surface area contributed by atoms with Gasteiger partial charge in [0.1, 0.15) is 5.82 Å². The highest BCUT2D eigenvalue weighted by atomic mass is 19.1. The lowest BCUT2D eigenvalue weighted by molar-refractivity contribution is -0.142. The minimum atomic E-state index is -0.773. The molecule has 0 radical (unpaired) electrons. The van der Waals surface area contributed by atoms with Crippen LogP contribution >= 0.6 is 0 Å². The molecule has 0 aliphatic carbocycles. The molecular weight excluding hydrogens is 275 g/mol. The van der Waals surface area contributed by atoms with Crippen molar-refractivity contribution in [3.05, 3.63) is 41.7 Å². The van der Waals surface area contributed by atoms with Crippen molar-refractivity contribution >= 4 is 17.4 Å². The number of rotatable bonds is 3. The van der Waals surface area contributed by atoms with E-state index in [4.69, 9.17) is 10.5 Å². The fraction of sp³-hybridized carbons (Fsp3) is 0.333. The van der Waals surface area contributed by atoms with Gasteiger partial charge in [-0.3, -0.25) is 9.59 Å². The van der Waals surface area contributed by atoms with Crippen molar-refractivity contribution in [2.75, 3.05) is 19.7 Å². The van der Waals surface area contributed by atoms with Crippen LogP contribution in [0.5, 0.6) is 0 Å². The zero-order valence-corrected chi connectivity index (χ0v) is 11.7. The van der Waals surface area contributed by atoms with Gasteiger partial charge in [0.15, 0.2) is 6.10 Å². The molecule has 2 rings (SSSR count). The molecule has 1 saturated heterocycles. The molecule has 1 aliphatic rings. The summed E-state index contributed by atoms with van der Waals surface area (Å²) in [7, 11) is 0. The van der Waals surface area contributed by atoms with Gasteiger partial charge in [-0.15, -0.1) is 0 Å². The summed E-state index contributed by atoms with van der Waals surface area (Å²) in [4.78, 5) is 24.8. The summed E-state index contributed by atoms with van der Waals surface area (Å²) < 4.78 is 18.4. The van der Waals surface area contributed by atoms with Crippen LogP contribution in [-0.2, 0) is 14.3 Å². The predicted octanol–water partition coefficient (Wildman–Crippen LogP) is 0.942. The van der Waals surface area contributed by atoms with Crippen LogP contribution in [0.15, 0.2) is 30.3 Å². The minimum Gasteiger partial charge on any atom is -0.367 e. The third-order valence-electron chi connectivity index (χ3n) is 3.32. The highest BCUT2D eigenvalue weighted by Crippen LogP contribution is 2.16. The number of nitrogens with zero attached hydrogens (tertiary/aromatic N) is 1. The van der Waals surface area contributed by atoms with E-state index < -0.39 is 12.0 Å². The zero-order valence-electron chi connectivity index (χ0n) is 11.7. The Kier molecular flexibility index (Phi) is 4.70. The van der Waals surface area contributed by atoms with Gasteiger partial charge in [0.2, 0.25) is 11.8 Å². The molecule has 1 aromatic carbocycles. The number of benzene rings is 1. The van der Waals surface area contributed by atoms with Crippen LogP contribution in [0.1, 0.15) is 12.5 Å². The molecule has 1 atom stereocenters. The number of amides is 2. The van der Waals surface area contributed by atoms with Crippen LogP contribution in [0.2, 0.25) is 0 Å². The van der Waals surface area contributed by atoms with E-state index in [-0.39, 0.29) is 24.9 Å². The summed E-state index contributed by atoms with van der Waals surface area (Å²) in [6.07, 6.45) is 0.656. The fourth-order valence-corrected chi connectivity index (χ4v) is 2.12. The van der Waals surface area contributed by atoms with E-state index in [1.54, 1.807) is 19.1 Å². The Bertz CT molecular complexity index is 586. The molecule has 112 valence electrons. The van der Waals surface area contributed by atoms with Crippen molar-refractivity contribution in [3.8, 4) is 0 Å². The highest BCUT2D eigenvalue weighted by molar-refractivity contribution is 5.95. The van der Waals surface area contributed by atoms with Gasteiger partial charge < -0.3 is 15.4 Å². The predicted molar refractivity (Wildman–Crippen MR) is 75.6 cm³/mol. The Morgan fingerprint density at radius 2 is 2.24 bits per heavy atom. The number of carbonyl (C=O) groups excluding carboxylic acids is 2. The van der Waals surface area contributed by atoms with Gasteiger partial charge in [-0.25, -0.2) is 4.39 Å². The number of primary amides is 1. The van der Waals surface area contributed by atoms with Gasteiger partial charge in [0.25, 0.3) is 0 Å². The smallest absolute Gasteiger partial charge is 0.248 e. The molecule has 0 unspecified atom stereocenters. The van der Waals surface area contributed by atoms with Gasteiger partial charge in [0.05, 0.1) is 13.2 Å². The first-order valence-corrected chi connectivity index (χ1v) is 6.61. The van der Waals surface area contributed by atoms with Gasteiger partial charge in [0, 0.05) is 12.6 Å². The second-order valence-electron chi connectivity index (χ2n) is 4.88. The van der Waals surface area contributed by atoms with E-state index in [1.807, 2.05) is 0 Å². The topological polar surface area (TPSA) is 72.6 Å². The van der Waals surface area contributed by atoms with Crippen LogP contribution in [0, 0.1) is 5.82 Å². The van der Waals surface area contributed by atoms with Crippen molar-refractivity contribution < 1.29 is 18.7 Å². The standard InChI is InChI=1S/C15H17FN2O3/c1-10(11-3-2-4-12(16)8-11)7-14(19)18-5-6-21-13(9-18)15(17)20/h2-4,7-8,13H,5-6,9H2,1H3,(H2,17,20)/b10-7-/t13-/m1/s1. The summed E-state index contributed by atoms with van der Waals surface area (Å²) in [6, 6.07) is 6.03. The molecule has 0 aromatic heterocycles. The third-order valence-corrected chi connectivity index (χ3v) is 3.32. The Hall–Kier alpha value is -2.21. The van der Waals surface area contributed by atoms with Crippen molar-refractivity contribution in [3.63, 3.8) is 0 Å². The second kappa shape index (κ2) is 6.49. The van der Waals surface area contributed by atoms with Crippen LogP contribution in [-0.4, -0.2) is 42.5 Å². The summed E-state index contributed by atoms with van der Waals surface area (Å²) in [5.74, 6) is -1.18. The molecular formula is C15H17FN2O3. The van der Waals surface area contributed by atoms with Crippen LogP contribution in [0.4, 0.5) is 4.39 Å². The molecule has 2 amide bonds. The van der Waals surface area contributed by atoms with E-state index in [9.17, 15) is 14.0 Å². The van der Waals surface area contributed by atoms with Crippen molar-refractivity contribution in [2.24, 2.45) is 5.73 Å². The van der Waals surface area contributed by atoms with E-state index >= 15 is 0 Å². The first-order valence-electron chi connectivity index (χ1n) is 6.61. The number of hydrogen-bond acceptors (Lipinski definition) is 3. The molecule has 1 aliphatic heterocycles. The summed E-state index contributed by atoms with van der Waals surface area (Å²) >= 11 is 0. The average molecular weight is 292 g/mol. The highest BCUT2D eigenvalue weighted by Gasteiger charge is 2.26. The first-order chi connectivity index (χ1) is 9.97. The maximum absolute atomic E-state index is 13.2. The molecule has 1 aromatic rings. The molecule has 5 nitrogen and oxygen atoms in total. The number of halogens is 1. The molecule has 2 N–H and O–H groups in total. The van der Waals surface area contributed by atoms with Crippen molar-refractivity contribution in [2.45, 2.75) is 13.0 Å². The van der Waals surface area contributed by atoms with E-state index in [2.05, 4.69) is 0 Å². The SMILES string of the molecule is C/C(=C/C(=O)N1CCO[C@@H](C(N)=O)C1)c1cccc(F)c1. The lowest BCUT2D eigenvalue weighted by Gasteiger charge is -2.30. The van der Waals surface area contributed by atoms with Crippen molar-refractivity contribution in [1.82, 2.24) is 4.90 Å². The van der Waals surface area contributed by atoms with E-state index in [0.29, 0.717) is 17.7 Å². The maximum atomic E-state index is 13.2. The van der Waals surface area contributed by atoms with Crippen molar-refractivity contribution in [1.29, 1.82) is 0 Å². The number of ether oxygens (including phenoxy) is 1. The lowest BCUT2D eigenvalue weighted by atomic mass is 10.1. The fourth-order valence-electron chi connectivity index (χ4n) is 2.12. The Morgan fingerprint density at radius 3 is 2.90 bits per heavy atom. The minimum absolute atomic E-state index is 0.140. The van der Waals surface area contributed by atoms with Crippen LogP contribution in [0.25, 0.3) is 5.57 Å². The van der Waals surface area contributed by atoms with E-state index in [1.165, 1.54) is 23.1 Å². The number of allylic oxidation sites excluding steroid dienone is 1. The zero-order chi connectivity index (χ0) is 15.4. The Balaban J connectivity index is 2.09. The molecule has 21 heavy (non-hydrogen) atoms. The monoisotopic (exact) mass is 292 g/mol. The third kappa shape index (κ3) is 3.88. The Labute approximate surface area is 122 Å². The molecule has 0 spiro atoms. The number of hydrogen-bond donors (Lipinski definition) is 1. The maximum Gasteiger partial charge on any atom is 0.248 e. The van der Waals surface area contributed by atoms with E-state index in [0.717, 1.165) is 0 Å². The number of morpholine rings is 1. The van der Waals surface area contributed by atoms with Gasteiger partial charge in [-0.1, -0.05) is 12.1 Å². The Morgan fingerprint density at radius 1 is 1.48 bits per heavy atom. The van der Waals surface area contributed by atoms with Crippen LogP contribution < -0.4 is 5.73 Å². The quantitative estimate of drug-likeness (QED) is 0.843. The van der Waals surface area contributed by atoms with Gasteiger partial charge >= 0.3 is 0 Å². The van der Waals surface area contributed by atoms with Gasteiger partial charge in [-0.05, 0) is 30.2 Å². The molecule has 6 heteroatoms. The summed E-state index contributed by atoms with van der Waals surface area (Å²) in [5, 5.41) is 0. The second-order valence-corrected chi connectivity index (χ2v) is 4.88. The van der Waals surface area contributed by atoms with Gasteiger partial charge in [-0.2, -0.15) is 0 Å². The number of carbonyl (C=O) groups is 2. The average Bonchev–Trinajstić information content (AvgIpc) is 2.47. The molecule has 0 saturated carbocycles. The first kappa shape index (κ1) is 15.2. The molecule has 1 fully saturated rings. The normalized spacial score (nSPS) is 19.4.